The van der Waals surface area contributed by atoms with Crippen LogP contribution in [0.15, 0.2) is 54.7 Å². The van der Waals surface area contributed by atoms with Gasteiger partial charge in [0.25, 0.3) is 0 Å². The Kier molecular flexibility index (Phi) is 12.4. The first-order valence-corrected chi connectivity index (χ1v) is 21.5. The minimum Gasteiger partial charge on any atom is -0.453 e. The largest absolute Gasteiger partial charge is 0.453 e. The van der Waals surface area contributed by atoms with E-state index in [1.165, 1.54) is 14.2 Å². The Hall–Kier alpha value is -5.70. The molecule has 0 saturated carbocycles. The van der Waals surface area contributed by atoms with Crippen molar-refractivity contribution >= 4 is 45.7 Å². The lowest BCUT2D eigenvalue weighted by molar-refractivity contribution is -0.136. The van der Waals surface area contributed by atoms with Crippen LogP contribution >= 0.6 is 11.3 Å². The topological polar surface area (TPSA) is 175 Å². The van der Waals surface area contributed by atoms with Gasteiger partial charge in [-0.15, -0.1) is 11.3 Å². The average Bonchev–Trinajstić information content (AvgIpc) is 4.07. The average molecular weight is 837 g/mol. The van der Waals surface area contributed by atoms with Crippen LogP contribution in [0.4, 0.5) is 9.59 Å². The maximum absolute atomic E-state index is 13.7. The molecule has 4 N–H and O–H groups in total. The number of alkyl carbamates (subject to hydrolysis) is 2. The highest BCUT2D eigenvalue weighted by Crippen LogP contribution is 2.40. The molecule has 0 bridgehead atoms. The van der Waals surface area contributed by atoms with Gasteiger partial charge in [-0.25, -0.2) is 19.6 Å². The number of methoxy groups -OCH3 is 2. The van der Waals surface area contributed by atoms with E-state index in [9.17, 15) is 19.2 Å². The fourth-order valence-corrected chi connectivity index (χ4v) is 9.60. The van der Waals surface area contributed by atoms with Crippen molar-refractivity contribution in [1.29, 1.82) is 0 Å². The minimum atomic E-state index is -0.699. The summed E-state index contributed by atoms with van der Waals surface area (Å²) in [4.78, 5) is 74.0. The molecule has 2 aliphatic heterocycles. The van der Waals surface area contributed by atoms with Crippen LogP contribution < -0.4 is 10.6 Å². The van der Waals surface area contributed by atoms with Gasteiger partial charge < -0.3 is 39.9 Å². The van der Waals surface area contributed by atoms with Crippen molar-refractivity contribution in [2.45, 2.75) is 85.5 Å². The summed E-state index contributed by atoms with van der Waals surface area (Å²) in [6.07, 6.45) is 2.15. The number of amides is 4. The number of aromatic nitrogens is 4. The number of ether oxygens (including phenoxy) is 2. The zero-order valence-corrected chi connectivity index (χ0v) is 36.6. The van der Waals surface area contributed by atoms with Crippen molar-refractivity contribution in [3.8, 4) is 32.8 Å². The Morgan fingerprint density at radius 3 is 1.80 bits per heavy atom. The second kappa shape index (κ2) is 17.5. The molecule has 2 aromatic carbocycles. The van der Waals surface area contributed by atoms with E-state index >= 15 is 0 Å². The Morgan fingerprint density at radius 1 is 0.750 bits per heavy atom. The number of fused-ring (bicyclic) bond motifs is 1. The maximum atomic E-state index is 13.7. The van der Waals surface area contributed by atoms with Crippen LogP contribution in [0.25, 0.3) is 43.2 Å². The van der Waals surface area contributed by atoms with Crippen molar-refractivity contribution in [2.24, 2.45) is 23.7 Å². The summed E-state index contributed by atoms with van der Waals surface area (Å²) in [7, 11) is 2.59. The molecule has 5 aromatic rings. The van der Waals surface area contributed by atoms with Crippen LogP contribution in [-0.4, -0.2) is 93.1 Å². The Morgan fingerprint density at radius 2 is 1.28 bits per heavy atom. The molecule has 318 valence electrons. The number of rotatable bonds is 11. The van der Waals surface area contributed by atoms with E-state index < -0.39 is 24.3 Å². The van der Waals surface area contributed by atoms with E-state index in [2.05, 4.69) is 89.9 Å². The van der Waals surface area contributed by atoms with Crippen molar-refractivity contribution in [1.82, 2.24) is 40.4 Å². The van der Waals surface area contributed by atoms with Crippen LogP contribution in [-0.2, 0) is 19.1 Å². The van der Waals surface area contributed by atoms with E-state index in [4.69, 9.17) is 19.4 Å². The lowest BCUT2D eigenvalue weighted by Crippen LogP contribution is -2.51. The summed E-state index contributed by atoms with van der Waals surface area (Å²) >= 11 is 1.61. The summed E-state index contributed by atoms with van der Waals surface area (Å²) in [5, 5.41) is 5.44. The number of imidazole rings is 2. The first kappa shape index (κ1) is 42.4. The van der Waals surface area contributed by atoms with E-state index in [0.29, 0.717) is 19.0 Å². The summed E-state index contributed by atoms with van der Waals surface area (Å²) in [6, 6.07) is 15.2. The van der Waals surface area contributed by atoms with Gasteiger partial charge in [0, 0.05) is 23.5 Å². The molecule has 5 heterocycles. The Labute approximate surface area is 354 Å². The number of hydrogen-bond donors (Lipinski definition) is 4. The van der Waals surface area contributed by atoms with Crippen molar-refractivity contribution < 1.29 is 28.7 Å². The van der Waals surface area contributed by atoms with Crippen LogP contribution in [0.2, 0.25) is 0 Å². The third-order valence-electron chi connectivity index (χ3n) is 11.8. The maximum Gasteiger partial charge on any atom is 0.407 e. The number of H-pyrrole nitrogens is 2. The van der Waals surface area contributed by atoms with Gasteiger partial charge in [0.15, 0.2) is 0 Å². The van der Waals surface area contributed by atoms with E-state index in [0.717, 1.165) is 73.2 Å². The lowest BCUT2D eigenvalue weighted by Gasteiger charge is -2.30. The van der Waals surface area contributed by atoms with Gasteiger partial charge in [-0.3, -0.25) is 9.59 Å². The number of hydrogen-bond acceptors (Lipinski definition) is 9. The fraction of sp³-hybridized carbons (Fsp3) is 0.467. The summed E-state index contributed by atoms with van der Waals surface area (Å²) in [5.74, 6) is 1.57. The fourth-order valence-electron chi connectivity index (χ4n) is 8.60. The van der Waals surface area contributed by atoms with Gasteiger partial charge in [-0.1, -0.05) is 84.0 Å². The number of nitrogens with zero attached hydrogens (tertiary/aromatic N) is 4. The number of thiophene rings is 1. The van der Waals surface area contributed by atoms with Crippen molar-refractivity contribution in [3.63, 3.8) is 0 Å². The SMILES string of the molecule is COC(=O)N[C@H](C(=O)N1C[C@@H](C)C[C@H]1c1ncc(-c2ccc(-c3ccc(-c4cc5[nH]c([C@@H]6C[C@H](C)CN6C(=O)[C@@H](NC(=O)OC)C(C)C)nc5s4)cc3)cc2C)[nH]1)C(C)C. The predicted molar refractivity (Wildman–Crippen MR) is 232 cm³/mol. The molecule has 0 unspecified atom stereocenters. The van der Waals surface area contributed by atoms with E-state index in [1.54, 1.807) is 11.3 Å². The smallest absolute Gasteiger partial charge is 0.407 e. The van der Waals surface area contributed by atoms with Crippen molar-refractivity contribution in [2.75, 3.05) is 27.3 Å². The first-order valence-electron chi connectivity index (χ1n) is 20.7. The minimum absolute atomic E-state index is 0.108. The second-order valence-electron chi connectivity index (χ2n) is 17.2. The lowest BCUT2D eigenvalue weighted by atomic mass is 9.98. The number of aryl methyl sites for hydroxylation is 1. The summed E-state index contributed by atoms with van der Waals surface area (Å²) in [5.41, 5.74) is 7.21. The van der Waals surface area contributed by atoms with E-state index in [1.807, 2.05) is 43.7 Å². The quantitative estimate of drug-likeness (QED) is 0.103. The van der Waals surface area contributed by atoms with Gasteiger partial charge >= 0.3 is 12.2 Å². The number of nitrogens with one attached hydrogen (secondary N) is 4. The molecule has 14 nitrogen and oxygen atoms in total. The van der Waals surface area contributed by atoms with Gasteiger partial charge in [-0.05, 0) is 71.8 Å². The number of benzene rings is 2. The highest BCUT2D eigenvalue weighted by molar-refractivity contribution is 7.21. The Balaban J connectivity index is 1.04. The van der Waals surface area contributed by atoms with Gasteiger partial charge in [0.2, 0.25) is 11.8 Å². The standard InChI is InChI=1S/C45H56N8O6S/c1-23(2)37(49-44(56)58-8)42(54)52-21-25(5)16-34(52)39-46-20-33(48-39)31-15-14-30(18-27(31)7)28-10-12-29(13-11-28)36-19-32-41(60-36)51-40(47-32)35-17-26(6)22-53(35)43(55)38(24(3)4)50-45(57)59-9/h10-15,18-20,23-26,34-35,37-38H,16-17,21-22H2,1-9H3,(H,46,48)(H,47,51)(H,49,56)(H,50,57)/t25-,26-,34-,35-,37-,38-/m0/s1. The molecular formula is C45H56N8O6S. The summed E-state index contributed by atoms with van der Waals surface area (Å²) < 4.78 is 9.58. The molecule has 0 aliphatic carbocycles. The zero-order chi connectivity index (χ0) is 43.0. The Bertz CT molecular complexity index is 2330. The van der Waals surface area contributed by atoms with Crippen LogP contribution in [0.1, 0.15) is 83.7 Å². The molecule has 0 spiro atoms. The molecule has 2 aliphatic rings. The van der Waals surface area contributed by atoms with Crippen LogP contribution in [0.3, 0.4) is 0 Å². The number of carbonyl (C=O) groups excluding carboxylic acids is 4. The molecule has 6 atom stereocenters. The number of carbonyl (C=O) groups is 4. The van der Waals surface area contributed by atoms with Crippen molar-refractivity contribution in [3.05, 3.63) is 71.9 Å². The molecule has 3 aromatic heterocycles. The molecule has 7 rings (SSSR count). The molecule has 2 fully saturated rings. The zero-order valence-electron chi connectivity index (χ0n) is 35.8. The molecule has 4 amide bonds. The molecule has 60 heavy (non-hydrogen) atoms. The highest BCUT2D eigenvalue weighted by Gasteiger charge is 2.41. The summed E-state index contributed by atoms with van der Waals surface area (Å²) in [6.45, 7) is 15.2. The highest BCUT2D eigenvalue weighted by atomic mass is 32.1. The number of aromatic amines is 2. The molecular weight excluding hydrogens is 781 g/mol. The molecule has 15 heteroatoms. The third kappa shape index (κ3) is 8.63. The normalized spacial score (nSPS) is 20.2. The van der Waals surface area contributed by atoms with Gasteiger partial charge in [0.05, 0.1) is 43.7 Å². The first-order chi connectivity index (χ1) is 28.6. The molecule has 2 saturated heterocycles. The molecule has 0 radical (unpaired) electrons. The van der Waals surface area contributed by atoms with Gasteiger partial charge in [0.1, 0.15) is 28.6 Å². The van der Waals surface area contributed by atoms with Crippen LogP contribution in [0, 0.1) is 30.6 Å². The predicted octanol–water partition coefficient (Wildman–Crippen LogP) is 8.24. The second-order valence-corrected chi connectivity index (χ2v) is 18.2. The van der Waals surface area contributed by atoms with Gasteiger partial charge in [-0.2, -0.15) is 0 Å². The van der Waals surface area contributed by atoms with E-state index in [-0.39, 0.29) is 41.7 Å². The number of likely N-dealkylation sites (tertiary alicyclic amines) is 2. The van der Waals surface area contributed by atoms with Crippen LogP contribution in [0.5, 0.6) is 0 Å². The monoisotopic (exact) mass is 836 g/mol. The third-order valence-corrected chi connectivity index (χ3v) is 12.9.